The van der Waals surface area contributed by atoms with E-state index < -0.39 is 0 Å². The van der Waals surface area contributed by atoms with Crippen molar-refractivity contribution in [2.75, 3.05) is 32.1 Å². The summed E-state index contributed by atoms with van der Waals surface area (Å²) in [7, 11) is 4.27. The zero-order valence-electron chi connectivity index (χ0n) is 11.4. The molecule has 0 aromatic carbocycles. The number of carbonyl (C=O) groups excluding carboxylic acids is 1. The molecule has 4 heteroatoms. The predicted molar refractivity (Wildman–Crippen MR) is 73.2 cm³/mol. The summed E-state index contributed by atoms with van der Waals surface area (Å²) in [4.78, 5) is 20.0. The largest absolute Gasteiger partial charge is 0.369 e. The first-order valence-corrected chi connectivity index (χ1v) is 6.46. The van der Waals surface area contributed by atoms with Gasteiger partial charge in [0.2, 0.25) is 0 Å². The van der Waals surface area contributed by atoms with E-state index in [2.05, 4.69) is 28.9 Å². The van der Waals surface area contributed by atoms with Crippen molar-refractivity contribution in [3.05, 3.63) is 24.0 Å². The molecule has 2 rings (SSSR count). The van der Waals surface area contributed by atoms with Gasteiger partial charge in [0.1, 0.15) is 5.69 Å². The highest BCUT2D eigenvalue weighted by Crippen LogP contribution is 2.20. The monoisotopic (exact) mass is 247 g/mol. The molecule has 1 aromatic rings. The molecular weight excluding hydrogens is 226 g/mol. The number of likely N-dealkylation sites (N-methyl/N-ethyl adjacent to an activating group) is 2. The van der Waals surface area contributed by atoms with E-state index in [0.717, 1.165) is 12.2 Å². The van der Waals surface area contributed by atoms with Crippen LogP contribution >= 0.6 is 0 Å². The molecule has 0 spiro atoms. The summed E-state index contributed by atoms with van der Waals surface area (Å²) >= 11 is 0. The summed E-state index contributed by atoms with van der Waals surface area (Å²) in [6.45, 7) is 3.82. The van der Waals surface area contributed by atoms with Gasteiger partial charge in [0.25, 0.3) is 0 Å². The molecule has 98 valence electrons. The highest BCUT2D eigenvalue weighted by Gasteiger charge is 2.21. The molecule has 1 aliphatic rings. The van der Waals surface area contributed by atoms with E-state index >= 15 is 0 Å². The van der Waals surface area contributed by atoms with Crippen LogP contribution in [0, 0.1) is 0 Å². The fraction of sp³-hybridized carbons (Fsp3) is 0.571. The van der Waals surface area contributed by atoms with E-state index in [1.165, 1.54) is 19.4 Å². The number of hydrogen-bond acceptors (Lipinski definition) is 4. The lowest BCUT2D eigenvalue weighted by molar-refractivity contribution is 0.101. The molecule has 0 bridgehead atoms. The van der Waals surface area contributed by atoms with Crippen molar-refractivity contribution in [3.63, 3.8) is 0 Å². The minimum atomic E-state index is 0.0154. The van der Waals surface area contributed by atoms with E-state index in [-0.39, 0.29) is 5.78 Å². The van der Waals surface area contributed by atoms with E-state index in [9.17, 15) is 4.79 Å². The van der Waals surface area contributed by atoms with E-state index in [1.54, 1.807) is 19.2 Å². The summed E-state index contributed by atoms with van der Waals surface area (Å²) in [5.41, 5.74) is 1.62. The number of piperidine rings is 1. The van der Waals surface area contributed by atoms with Crippen LogP contribution in [0.4, 0.5) is 5.69 Å². The molecule has 1 atom stereocenters. The van der Waals surface area contributed by atoms with Crippen LogP contribution in [0.3, 0.4) is 0 Å². The number of aromatic nitrogens is 1. The topological polar surface area (TPSA) is 36.4 Å². The molecule has 2 heterocycles. The highest BCUT2D eigenvalue weighted by molar-refractivity contribution is 5.92. The fourth-order valence-electron chi connectivity index (χ4n) is 2.47. The predicted octanol–water partition coefficient (Wildman–Crippen LogP) is 1.81. The van der Waals surface area contributed by atoms with Gasteiger partial charge in [-0.2, -0.15) is 0 Å². The molecule has 1 unspecified atom stereocenters. The molecule has 18 heavy (non-hydrogen) atoms. The molecular formula is C14H21N3O. The van der Waals surface area contributed by atoms with Gasteiger partial charge in [0.05, 0.1) is 11.9 Å². The SMILES string of the molecule is CC(=O)c1ccc(N(C)C2CCCN(C)C2)cn1. The number of rotatable bonds is 3. The molecule has 1 aliphatic heterocycles. The summed E-state index contributed by atoms with van der Waals surface area (Å²) in [5, 5.41) is 0. The minimum absolute atomic E-state index is 0.0154. The second kappa shape index (κ2) is 5.48. The Balaban J connectivity index is 2.08. The average molecular weight is 247 g/mol. The van der Waals surface area contributed by atoms with Crippen LogP contribution in [0.2, 0.25) is 0 Å². The van der Waals surface area contributed by atoms with Gasteiger partial charge in [-0.25, -0.2) is 0 Å². The van der Waals surface area contributed by atoms with Gasteiger partial charge in [-0.1, -0.05) is 0 Å². The molecule has 1 fully saturated rings. The molecule has 1 aromatic heterocycles. The molecule has 0 aliphatic carbocycles. The van der Waals surface area contributed by atoms with Gasteiger partial charge in [0, 0.05) is 26.6 Å². The normalized spacial score (nSPS) is 20.7. The Morgan fingerprint density at radius 3 is 2.83 bits per heavy atom. The average Bonchev–Trinajstić information content (AvgIpc) is 2.38. The second-order valence-electron chi connectivity index (χ2n) is 5.13. The third-order valence-electron chi connectivity index (χ3n) is 3.66. The van der Waals surface area contributed by atoms with Gasteiger partial charge >= 0.3 is 0 Å². The van der Waals surface area contributed by atoms with Crippen LogP contribution in [0.5, 0.6) is 0 Å². The Kier molecular flexibility index (Phi) is 3.97. The van der Waals surface area contributed by atoms with Crippen molar-refractivity contribution in [1.29, 1.82) is 0 Å². The van der Waals surface area contributed by atoms with Crippen LogP contribution in [-0.2, 0) is 0 Å². The standard InChI is InChI=1S/C14H21N3O/c1-11(18)14-7-6-12(9-15-14)17(3)13-5-4-8-16(2)10-13/h6-7,9,13H,4-5,8,10H2,1-3H3. The fourth-order valence-corrected chi connectivity index (χ4v) is 2.47. The number of carbonyl (C=O) groups is 1. The lowest BCUT2D eigenvalue weighted by Gasteiger charge is -2.37. The van der Waals surface area contributed by atoms with Crippen molar-refractivity contribution >= 4 is 11.5 Å². The van der Waals surface area contributed by atoms with Crippen LogP contribution in [-0.4, -0.2) is 48.9 Å². The first kappa shape index (κ1) is 13.0. The third kappa shape index (κ3) is 2.88. The lowest BCUT2D eigenvalue weighted by Crippen LogP contribution is -2.45. The molecule has 1 saturated heterocycles. The second-order valence-corrected chi connectivity index (χ2v) is 5.13. The number of pyridine rings is 1. The minimum Gasteiger partial charge on any atom is -0.369 e. The lowest BCUT2D eigenvalue weighted by atomic mass is 10.0. The maximum atomic E-state index is 11.2. The maximum Gasteiger partial charge on any atom is 0.178 e. The Bertz CT molecular complexity index is 416. The number of ketones is 1. The first-order chi connectivity index (χ1) is 8.58. The smallest absolute Gasteiger partial charge is 0.178 e. The summed E-state index contributed by atoms with van der Waals surface area (Å²) in [6.07, 6.45) is 4.26. The zero-order valence-corrected chi connectivity index (χ0v) is 11.4. The third-order valence-corrected chi connectivity index (χ3v) is 3.66. The summed E-state index contributed by atoms with van der Waals surface area (Å²) < 4.78 is 0. The van der Waals surface area contributed by atoms with Crippen molar-refractivity contribution < 1.29 is 4.79 Å². The first-order valence-electron chi connectivity index (χ1n) is 6.46. The van der Waals surface area contributed by atoms with Crippen LogP contribution in [0.15, 0.2) is 18.3 Å². The van der Waals surface area contributed by atoms with E-state index in [0.29, 0.717) is 11.7 Å². The van der Waals surface area contributed by atoms with Gasteiger partial charge in [-0.15, -0.1) is 0 Å². The van der Waals surface area contributed by atoms with Gasteiger partial charge in [-0.05, 0) is 38.6 Å². The quantitative estimate of drug-likeness (QED) is 0.763. The van der Waals surface area contributed by atoms with Gasteiger partial charge < -0.3 is 9.80 Å². The molecule has 0 N–H and O–H groups in total. The Morgan fingerprint density at radius 2 is 2.28 bits per heavy atom. The van der Waals surface area contributed by atoms with Gasteiger partial charge in [-0.3, -0.25) is 9.78 Å². The number of nitrogens with zero attached hydrogens (tertiary/aromatic N) is 3. The number of likely N-dealkylation sites (tertiary alicyclic amines) is 1. The van der Waals surface area contributed by atoms with Crippen molar-refractivity contribution in [1.82, 2.24) is 9.88 Å². The van der Waals surface area contributed by atoms with E-state index in [1.807, 2.05) is 6.07 Å². The van der Waals surface area contributed by atoms with Crippen LogP contribution in [0.1, 0.15) is 30.3 Å². The molecule has 4 nitrogen and oxygen atoms in total. The van der Waals surface area contributed by atoms with Crippen LogP contribution < -0.4 is 4.90 Å². The van der Waals surface area contributed by atoms with E-state index in [4.69, 9.17) is 0 Å². The number of hydrogen-bond donors (Lipinski definition) is 0. The number of anilines is 1. The van der Waals surface area contributed by atoms with Crippen LogP contribution in [0.25, 0.3) is 0 Å². The Morgan fingerprint density at radius 1 is 1.50 bits per heavy atom. The zero-order chi connectivity index (χ0) is 13.1. The highest BCUT2D eigenvalue weighted by atomic mass is 16.1. The van der Waals surface area contributed by atoms with Crippen molar-refractivity contribution in [2.45, 2.75) is 25.8 Å². The molecule has 0 saturated carbocycles. The van der Waals surface area contributed by atoms with Gasteiger partial charge in [0.15, 0.2) is 5.78 Å². The maximum absolute atomic E-state index is 11.2. The molecule has 0 amide bonds. The Labute approximate surface area is 109 Å². The van der Waals surface area contributed by atoms with Crippen molar-refractivity contribution in [2.24, 2.45) is 0 Å². The summed E-state index contributed by atoms with van der Waals surface area (Å²) in [6, 6.07) is 4.33. The molecule has 0 radical (unpaired) electrons. The van der Waals surface area contributed by atoms with Crippen molar-refractivity contribution in [3.8, 4) is 0 Å². The summed E-state index contributed by atoms with van der Waals surface area (Å²) in [5.74, 6) is 0.0154. The Hall–Kier alpha value is -1.42. The number of Topliss-reactive ketones (excluding diaryl/α,β-unsaturated/α-hetero) is 1.